The first-order valence-corrected chi connectivity index (χ1v) is 17.2. The Morgan fingerprint density at radius 3 is 1.96 bits per heavy atom. The van der Waals surface area contributed by atoms with Crippen LogP contribution in [0.5, 0.6) is 0 Å². The molecule has 1 aromatic rings. The first-order chi connectivity index (χ1) is 21.4. The smallest absolute Gasteiger partial charge is 0.379 e. The van der Waals surface area contributed by atoms with E-state index in [1.165, 1.54) is 56.1 Å². The molecule has 0 aromatic heterocycles. The van der Waals surface area contributed by atoms with Gasteiger partial charge in [-0.1, -0.05) is 136 Å². The normalized spacial score (nSPS) is 14.8. The van der Waals surface area contributed by atoms with Gasteiger partial charge < -0.3 is 4.74 Å². The van der Waals surface area contributed by atoms with Crippen LogP contribution in [0.15, 0.2) is 58.7 Å². The number of ether oxygens (including phenoxy) is 1. The van der Waals surface area contributed by atoms with Crippen molar-refractivity contribution < 1.29 is 22.7 Å². The first kappa shape index (κ1) is 47.3. The number of aliphatic imine (C=N–C) groups is 1. The standard InChI is InChI=1S/C12H18O.C10H14BNO.C9H18.C4H8.C2H6.CHF3/c1-3-9-13-10-11(2)12-7-5-4-6-8-12;1-3-5-7-8(4-2)12-10(11)6-9(7)13;1-2-6-9-7-4-3-5-8-9;1-4(2)3;1-2;2-1(3)4/h4-8,11H,3,9-10H2,1-2H3;3-6H2,1-2H3;9H,2-8H2,1H3;1H2,2-3H3;1-2H3;1H. The van der Waals surface area contributed by atoms with E-state index in [1.54, 1.807) is 0 Å². The van der Waals surface area contributed by atoms with Gasteiger partial charge in [-0.15, -0.1) is 6.58 Å². The van der Waals surface area contributed by atoms with Crippen LogP contribution < -0.4 is 0 Å². The van der Waals surface area contributed by atoms with Crippen molar-refractivity contribution in [2.75, 3.05) is 13.2 Å². The highest BCUT2D eigenvalue weighted by Gasteiger charge is 2.18. The first-order valence-electron chi connectivity index (χ1n) is 17.2. The van der Waals surface area contributed by atoms with Crippen LogP contribution >= 0.6 is 0 Å². The predicted molar refractivity (Wildman–Crippen MR) is 191 cm³/mol. The summed E-state index contributed by atoms with van der Waals surface area (Å²) in [6.45, 7) is 20.2. The van der Waals surface area contributed by atoms with E-state index < -0.39 is 6.68 Å². The number of nitrogens with zero attached hydrogens (tertiary/aromatic N) is 1. The number of allylic oxidation sites excluding steroid dienone is 3. The molecule has 3 rings (SSSR count). The molecule has 0 N–H and O–H groups in total. The van der Waals surface area contributed by atoms with E-state index in [2.05, 4.69) is 63.5 Å². The molecule has 0 amide bonds. The number of alkyl halides is 3. The van der Waals surface area contributed by atoms with Crippen LogP contribution in [0.4, 0.5) is 13.2 Å². The van der Waals surface area contributed by atoms with Gasteiger partial charge in [0.25, 0.3) is 0 Å². The molecule has 1 unspecified atom stereocenters. The second-order valence-corrected chi connectivity index (χ2v) is 11.4. The Balaban J connectivity index is -0.000000517. The molecule has 1 fully saturated rings. The maximum absolute atomic E-state index is 11.5. The lowest BCUT2D eigenvalue weighted by Gasteiger charge is -2.20. The summed E-state index contributed by atoms with van der Waals surface area (Å²) >= 11 is 0. The molecular weight excluding hydrogens is 570 g/mol. The van der Waals surface area contributed by atoms with Crippen LogP contribution in [0.1, 0.15) is 151 Å². The van der Waals surface area contributed by atoms with Gasteiger partial charge in [0, 0.05) is 30.2 Å². The molecule has 1 heterocycles. The van der Waals surface area contributed by atoms with Gasteiger partial charge in [0.15, 0.2) is 5.78 Å². The van der Waals surface area contributed by atoms with Crippen molar-refractivity contribution in [3.8, 4) is 0 Å². The summed E-state index contributed by atoms with van der Waals surface area (Å²) in [5, 5.41) is 0. The molecular formula is C38H65BF3NO2. The highest BCUT2D eigenvalue weighted by Crippen LogP contribution is 2.27. The van der Waals surface area contributed by atoms with Crippen LogP contribution in [0.3, 0.4) is 0 Å². The maximum atomic E-state index is 11.5. The van der Waals surface area contributed by atoms with Crippen LogP contribution in [-0.4, -0.2) is 39.1 Å². The molecule has 1 saturated carbocycles. The second-order valence-electron chi connectivity index (χ2n) is 11.4. The lowest BCUT2D eigenvalue weighted by Crippen LogP contribution is -2.17. The summed E-state index contributed by atoms with van der Waals surface area (Å²) in [6.07, 6.45) is 14.4. The van der Waals surface area contributed by atoms with E-state index in [0.717, 1.165) is 56.1 Å². The Kier molecular flexibility index (Phi) is 34.9. The summed E-state index contributed by atoms with van der Waals surface area (Å²) in [5.41, 5.74) is 4.76. The average Bonchev–Trinajstić information content (AvgIpc) is 3.01. The van der Waals surface area contributed by atoms with Crippen molar-refractivity contribution >= 4 is 19.2 Å². The molecule has 1 aliphatic heterocycles. The predicted octanol–water partition coefficient (Wildman–Crippen LogP) is 12.4. The van der Waals surface area contributed by atoms with Crippen molar-refractivity contribution in [3.63, 3.8) is 0 Å². The molecule has 2 radical (unpaired) electrons. The van der Waals surface area contributed by atoms with Crippen LogP contribution in [0.2, 0.25) is 0 Å². The van der Waals surface area contributed by atoms with Gasteiger partial charge >= 0.3 is 6.68 Å². The molecule has 0 spiro atoms. The van der Waals surface area contributed by atoms with Crippen molar-refractivity contribution in [1.29, 1.82) is 0 Å². The third kappa shape index (κ3) is 30.3. The number of ketones is 1. The Hall–Kier alpha value is -2.15. The minimum absolute atomic E-state index is 0.159. The molecule has 3 nitrogen and oxygen atoms in total. The lowest BCUT2D eigenvalue weighted by molar-refractivity contribution is -0.114. The Morgan fingerprint density at radius 1 is 0.978 bits per heavy atom. The number of carbonyl (C=O) groups is 1. The number of hydrogen-bond acceptors (Lipinski definition) is 3. The minimum Gasteiger partial charge on any atom is -0.381 e. The van der Waals surface area contributed by atoms with Crippen molar-refractivity contribution in [2.45, 2.75) is 152 Å². The molecule has 258 valence electrons. The van der Waals surface area contributed by atoms with Gasteiger partial charge in [0.2, 0.25) is 0 Å². The SMILES string of the molecule is C=C(C)C.CC.CCCC1CCCCC1.CCCOCC(C)c1ccccc1.FC(F)F.[B]C1=NC(CC)=C(CCC)C(=O)C1. The van der Waals surface area contributed by atoms with E-state index in [0.29, 0.717) is 17.9 Å². The lowest BCUT2D eigenvalue weighted by atomic mass is 9.86. The Morgan fingerprint density at radius 2 is 1.51 bits per heavy atom. The third-order valence-corrected chi connectivity index (χ3v) is 6.65. The van der Waals surface area contributed by atoms with Gasteiger partial charge in [-0.05, 0) is 50.2 Å². The zero-order chi connectivity index (χ0) is 35.0. The van der Waals surface area contributed by atoms with Gasteiger partial charge in [-0.25, -0.2) is 0 Å². The zero-order valence-corrected chi connectivity index (χ0v) is 30.2. The number of carbonyl (C=O) groups excluding carboxylic acids is 1. The summed E-state index contributed by atoms with van der Waals surface area (Å²) in [4.78, 5) is 15.7. The van der Waals surface area contributed by atoms with E-state index in [9.17, 15) is 18.0 Å². The maximum Gasteiger partial charge on any atom is 0.379 e. The summed E-state index contributed by atoms with van der Waals surface area (Å²) in [5.74, 6) is 1.77. The molecule has 7 heteroatoms. The largest absolute Gasteiger partial charge is 0.381 e. The fraction of sp³-hybridized carbons (Fsp3) is 0.684. The molecule has 1 aromatic carbocycles. The van der Waals surface area contributed by atoms with Crippen LogP contribution in [0, 0.1) is 5.92 Å². The van der Waals surface area contributed by atoms with E-state index >= 15 is 0 Å². The number of benzene rings is 1. The molecule has 0 saturated heterocycles. The molecule has 1 aliphatic carbocycles. The van der Waals surface area contributed by atoms with Gasteiger partial charge in [0.05, 0.1) is 6.61 Å². The number of halogens is 3. The molecule has 45 heavy (non-hydrogen) atoms. The summed E-state index contributed by atoms with van der Waals surface area (Å²) < 4.78 is 34.5. The zero-order valence-electron chi connectivity index (χ0n) is 30.2. The number of Topliss-reactive ketones (excluding diaryl/α,β-unsaturated/α-hetero) is 1. The number of rotatable bonds is 10. The van der Waals surface area contributed by atoms with Crippen molar-refractivity contribution in [3.05, 3.63) is 59.3 Å². The van der Waals surface area contributed by atoms with Crippen molar-refractivity contribution in [1.82, 2.24) is 0 Å². The number of hydrogen-bond donors (Lipinski definition) is 0. The summed E-state index contributed by atoms with van der Waals surface area (Å²) in [6, 6.07) is 10.5. The van der Waals surface area contributed by atoms with E-state index in [-0.39, 0.29) is 5.78 Å². The summed E-state index contributed by atoms with van der Waals surface area (Å²) in [7, 11) is 5.54. The van der Waals surface area contributed by atoms with Crippen LogP contribution in [-0.2, 0) is 9.53 Å². The van der Waals surface area contributed by atoms with Crippen LogP contribution in [0.25, 0.3) is 0 Å². The topological polar surface area (TPSA) is 38.7 Å². The van der Waals surface area contributed by atoms with Crippen molar-refractivity contribution in [2.24, 2.45) is 10.9 Å². The Labute approximate surface area is 277 Å². The molecule has 0 bridgehead atoms. The van der Waals surface area contributed by atoms with Gasteiger partial charge in [-0.2, -0.15) is 13.2 Å². The monoisotopic (exact) mass is 636 g/mol. The molecule has 1 atom stereocenters. The van der Waals surface area contributed by atoms with Gasteiger partial charge in [0.1, 0.15) is 7.85 Å². The second kappa shape index (κ2) is 33.2. The van der Waals surface area contributed by atoms with Gasteiger partial charge in [-0.3, -0.25) is 9.79 Å². The van der Waals surface area contributed by atoms with E-state index in [1.807, 2.05) is 40.7 Å². The fourth-order valence-corrected chi connectivity index (χ4v) is 4.70. The minimum atomic E-state index is -3.67. The average molecular weight is 636 g/mol. The fourth-order valence-electron chi connectivity index (χ4n) is 4.70. The van der Waals surface area contributed by atoms with E-state index in [4.69, 9.17) is 12.6 Å². The highest BCUT2D eigenvalue weighted by atomic mass is 19.4. The highest BCUT2D eigenvalue weighted by molar-refractivity contribution is 6.62. The quantitative estimate of drug-likeness (QED) is 0.146. The molecule has 2 aliphatic rings. The Bertz CT molecular complexity index is 888. The third-order valence-electron chi connectivity index (χ3n) is 6.65.